The molecule has 0 spiro atoms. The zero-order valence-electron chi connectivity index (χ0n) is 9.50. The molecule has 0 aliphatic carbocycles. The Kier molecular flexibility index (Phi) is 4.69. The summed E-state index contributed by atoms with van der Waals surface area (Å²) in [6.07, 6.45) is -3.96. The van der Waals surface area contributed by atoms with Crippen LogP contribution in [0.25, 0.3) is 0 Å². The molecule has 1 aliphatic rings. The lowest BCUT2D eigenvalue weighted by Crippen LogP contribution is -2.47. The lowest BCUT2D eigenvalue weighted by Gasteiger charge is -2.37. The number of hydrogen-bond donors (Lipinski definition) is 1. The summed E-state index contributed by atoms with van der Waals surface area (Å²) in [4.78, 5) is 1.56. The summed E-state index contributed by atoms with van der Waals surface area (Å²) >= 11 is 1.45. The zero-order chi connectivity index (χ0) is 13.1. The predicted molar refractivity (Wildman–Crippen MR) is 59.6 cm³/mol. The van der Waals surface area contributed by atoms with E-state index in [4.69, 9.17) is 10.4 Å². The first-order valence-electron chi connectivity index (χ1n) is 5.26. The first-order valence-corrected chi connectivity index (χ1v) is 6.49. The molecule has 1 unspecified atom stereocenters. The number of nitrogens with zero attached hydrogens (tertiary/aromatic N) is 2. The summed E-state index contributed by atoms with van der Waals surface area (Å²) < 4.78 is 36.0. The molecule has 98 valence electrons. The molecule has 0 amide bonds. The Labute approximate surface area is 103 Å². The number of aliphatic hydroxyl groups excluding tert-OH is 1. The second-order valence-corrected chi connectivity index (χ2v) is 5.36. The van der Waals surface area contributed by atoms with Crippen molar-refractivity contribution < 1.29 is 18.3 Å². The normalized spacial score (nSPS) is 23.1. The molecular formula is C10H15F3N2OS. The van der Waals surface area contributed by atoms with Gasteiger partial charge in [0.25, 0.3) is 0 Å². The largest absolute Gasteiger partial charge is 0.415 e. The smallest absolute Gasteiger partial charge is 0.382 e. The first-order chi connectivity index (χ1) is 7.83. The van der Waals surface area contributed by atoms with Gasteiger partial charge in [0.05, 0.1) is 6.07 Å². The lowest BCUT2D eigenvalue weighted by molar-refractivity contribution is -0.208. The maximum absolute atomic E-state index is 12.2. The Morgan fingerprint density at radius 2 is 2.00 bits per heavy atom. The van der Waals surface area contributed by atoms with Crippen molar-refractivity contribution in [2.75, 3.05) is 25.9 Å². The lowest BCUT2D eigenvalue weighted by atomic mass is 9.97. The van der Waals surface area contributed by atoms with Gasteiger partial charge in [-0.15, -0.1) is 11.8 Å². The van der Waals surface area contributed by atoms with Gasteiger partial charge in [-0.05, 0) is 19.1 Å². The van der Waals surface area contributed by atoms with Crippen LogP contribution in [0.4, 0.5) is 13.2 Å². The van der Waals surface area contributed by atoms with Crippen molar-refractivity contribution in [3.05, 3.63) is 0 Å². The van der Waals surface area contributed by atoms with Crippen LogP contribution in [-0.4, -0.2) is 52.9 Å². The SMILES string of the molecule is CSC1(C#N)CCN(CC(O)C(F)(F)F)CC1. The van der Waals surface area contributed by atoms with E-state index in [2.05, 4.69) is 6.07 Å². The van der Waals surface area contributed by atoms with Gasteiger partial charge in [-0.1, -0.05) is 0 Å². The Bertz CT molecular complexity index is 295. The van der Waals surface area contributed by atoms with Gasteiger partial charge < -0.3 is 10.0 Å². The molecule has 0 radical (unpaired) electrons. The van der Waals surface area contributed by atoms with Crippen LogP contribution in [0, 0.1) is 11.3 Å². The highest BCUT2D eigenvalue weighted by atomic mass is 32.2. The van der Waals surface area contributed by atoms with Crippen molar-refractivity contribution in [3.63, 3.8) is 0 Å². The average molecular weight is 268 g/mol. The van der Waals surface area contributed by atoms with Crippen LogP contribution in [0.5, 0.6) is 0 Å². The highest BCUT2D eigenvalue weighted by Crippen LogP contribution is 2.34. The van der Waals surface area contributed by atoms with E-state index in [1.807, 2.05) is 6.26 Å². The molecule has 7 heteroatoms. The van der Waals surface area contributed by atoms with Crippen LogP contribution < -0.4 is 0 Å². The van der Waals surface area contributed by atoms with Crippen LogP contribution in [0.2, 0.25) is 0 Å². The quantitative estimate of drug-likeness (QED) is 0.845. The van der Waals surface area contributed by atoms with Gasteiger partial charge in [-0.25, -0.2) is 0 Å². The fraction of sp³-hybridized carbons (Fsp3) is 0.900. The summed E-state index contributed by atoms with van der Waals surface area (Å²) in [5.74, 6) is 0. The molecule has 0 bridgehead atoms. The zero-order valence-corrected chi connectivity index (χ0v) is 10.3. The van der Waals surface area contributed by atoms with Gasteiger partial charge >= 0.3 is 6.18 Å². The monoisotopic (exact) mass is 268 g/mol. The molecule has 1 atom stereocenters. The number of likely N-dealkylation sites (tertiary alicyclic amines) is 1. The molecule has 1 heterocycles. The number of piperidine rings is 1. The number of hydrogen-bond acceptors (Lipinski definition) is 4. The van der Waals surface area contributed by atoms with E-state index >= 15 is 0 Å². The summed E-state index contributed by atoms with van der Waals surface area (Å²) in [5.41, 5.74) is 0. The van der Waals surface area contributed by atoms with E-state index in [1.165, 1.54) is 11.8 Å². The molecular weight excluding hydrogens is 253 g/mol. The molecule has 0 aromatic carbocycles. The van der Waals surface area contributed by atoms with Crippen LogP contribution >= 0.6 is 11.8 Å². The van der Waals surface area contributed by atoms with E-state index in [-0.39, 0.29) is 0 Å². The standard InChI is InChI=1S/C10H15F3N2OS/c1-17-9(7-14)2-4-15(5-3-9)6-8(16)10(11,12)13/h8,16H,2-6H2,1H3. The first kappa shape index (κ1) is 14.6. The van der Waals surface area contributed by atoms with Crippen molar-refractivity contribution in [3.8, 4) is 6.07 Å². The van der Waals surface area contributed by atoms with E-state index in [9.17, 15) is 13.2 Å². The van der Waals surface area contributed by atoms with Crippen molar-refractivity contribution in [2.24, 2.45) is 0 Å². The minimum Gasteiger partial charge on any atom is -0.382 e. The minimum absolute atomic E-state index is 0.403. The van der Waals surface area contributed by atoms with Crippen molar-refractivity contribution in [1.29, 1.82) is 5.26 Å². The maximum atomic E-state index is 12.2. The van der Waals surface area contributed by atoms with Crippen molar-refractivity contribution >= 4 is 11.8 Å². The van der Waals surface area contributed by atoms with Crippen molar-refractivity contribution in [2.45, 2.75) is 29.9 Å². The topological polar surface area (TPSA) is 47.3 Å². The van der Waals surface area contributed by atoms with Crippen LogP contribution in [-0.2, 0) is 0 Å². The van der Waals surface area contributed by atoms with Gasteiger partial charge in [-0.2, -0.15) is 18.4 Å². The van der Waals surface area contributed by atoms with Gasteiger partial charge in [0.1, 0.15) is 4.75 Å². The predicted octanol–water partition coefficient (Wildman–Crippen LogP) is 1.63. The molecule has 1 N–H and O–H groups in total. The molecule has 1 aliphatic heterocycles. The molecule has 1 saturated heterocycles. The van der Waals surface area contributed by atoms with Gasteiger partial charge in [0.15, 0.2) is 6.10 Å². The second kappa shape index (κ2) is 5.46. The second-order valence-electron chi connectivity index (χ2n) is 4.17. The highest BCUT2D eigenvalue weighted by molar-refractivity contribution is 8.00. The van der Waals surface area contributed by atoms with Crippen molar-refractivity contribution in [1.82, 2.24) is 4.90 Å². The minimum atomic E-state index is -4.57. The Balaban J connectivity index is 2.46. The Morgan fingerprint density at radius 3 is 2.35 bits per heavy atom. The average Bonchev–Trinajstić information content (AvgIpc) is 2.29. The summed E-state index contributed by atoms with van der Waals surface area (Å²) in [6, 6.07) is 2.22. The van der Waals surface area contributed by atoms with Crippen LogP contribution in [0.15, 0.2) is 0 Å². The third-order valence-corrected chi connectivity index (χ3v) is 4.35. The molecule has 3 nitrogen and oxygen atoms in total. The maximum Gasteiger partial charge on any atom is 0.415 e. The van der Waals surface area contributed by atoms with E-state index in [0.29, 0.717) is 25.9 Å². The molecule has 1 rings (SSSR count). The molecule has 1 fully saturated rings. The number of alkyl halides is 3. The molecule has 0 aromatic rings. The third kappa shape index (κ3) is 3.76. The third-order valence-electron chi connectivity index (χ3n) is 3.07. The number of nitriles is 1. The van der Waals surface area contributed by atoms with E-state index in [1.54, 1.807) is 4.90 Å². The molecule has 0 saturated carbocycles. The van der Waals surface area contributed by atoms with Crippen LogP contribution in [0.3, 0.4) is 0 Å². The van der Waals surface area contributed by atoms with Crippen LogP contribution in [0.1, 0.15) is 12.8 Å². The fourth-order valence-corrected chi connectivity index (χ4v) is 2.49. The number of β-amino-alcohol motifs (C(OH)–C–C–N with tert-alkyl or cyclic N) is 1. The number of rotatable bonds is 3. The number of aliphatic hydroxyl groups is 1. The summed E-state index contributed by atoms with van der Waals surface area (Å²) in [6.45, 7) is 0.433. The van der Waals surface area contributed by atoms with E-state index < -0.39 is 23.6 Å². The molecule has 17 heavy (non-hydrogen) atoms. The highest BCUT2D eigenvalue weighted by Gasteiger charge is 2.41. The number of thioether (sulfide) groups is 1. The Hall–Kier alpha value is -0.450. The van der Waals surface area contributed by atoms with E-state index in [0.717, 1.165) is 0 Å². The fourth-order valence-electron chi connectivity index (χ4n) is 1.81. The molecule has 0 aromatic heterocycles. The summed E-state index contributed by atoms with van der Waals surface area (Å²) in [7, 11) is 0. The summed E-state index contributed by atoms with van der Waals surface area (Å²) in [5, 5.41) is 18.0. The number of halogens is 3. The van der Waals surface area contributed by atoms with Gasteiger partial charge in [0, 0.05) is 19.6 Å². The Morgan fingerprint density at radius 1 is 1.47 bits per heavy atom. The van der Waals surface area contributed by atoms with Gasteiger partial charge in [-0.3, -0.25) is 0 Å². The van der Waals surface area contributed by atoms with Gasteiger partial charge in [0.2, 0.25) is 0 Å².